The number of hydrogen-bond acceptors (Lipinski definition) is 4. The smallest absolute Gasteiger partial charge is 0.161 e. The minimum absolute atomic E-state index is 0.124. The lowest BCUT2D eigenvalue weighted by atomic mass is 9.94. The highest BCUT2D eigenvalue weighted by Crippen LogP contribution is 2.31. The van der Waals surface area contributed by atoms with Gasteiger partial charge in [0.1, 0.15) is 12.7 Å². The second kappa shape index (κ2) is 6.46. The molecule has 0 radical (unpaired) electrons. The summed E-state index contributed by atoms with van der Waals surface area (Å²) in [6.07, 6.45) is 3.44. The minimum Gasteiger partial charge on any atom is -0.486 e. The third kappa shape index (κ3) is 3.25. The molecule has 1 atom stereocenters. The van der Waals surface area contributed by atoms with Gasteiger partial charge in [0, 0.05) is 13.2 Å². The first-order chi connectivity index (χ1) is 9.85. The lowest BCUT2D eigenvalue weighted by Gasteiger charge is -2.35. The second-order valence-corrected chi connectivity index (χ2v) is 5.75. The van der Waals surface area contributed by atoms with Gasteiger partial charge in [-0.15, -0.1) is 0 Å². The zero-order chi connectivity index (χ0) is 13.8. The number of aliphatic hydroxyl groups excluding tert-OH is 1. The van der Waals surface area contributed by atoms with E-state index in [4.69, 9.17) is 14.6 Å². The Morgan fingerprint density at radius 2 is 1.90 bits per heavy atom. The van der Waals surface area contributed by atoms with Crippen molar-refractivity contribution in [3.63, 3.8) is 0 Å². The molecule has 1 unspecified atom stereocenters. The van der Waals surface area contributed by atoms with Crippen LogP contribution in [-0.2, 0) is 0 Å². The third-order valence-corrected chi connectivity index (χ3v) is 4.27. The Balaban J connectivity index is 1.48. The normalized spacial score (nSPS) is 23.8. The van der Waals surface area contributed by atoms with Crippen molar-refractivity contribution in [3.05, 3.63) is 24.3 Å². The molecule has 1 aromatic carbocycles. The van der Waals surface area contributed by atoms with E-state index in [1.165, 1.54) is 12.8 Å². The van der Waals surface area contributed by atoms with Gasteiger partial charge < -0.3 is 14.6 Å². The van der Waals surface area contributed by atoms with Crippen LogP contribution in [0.3, 0.4) is 0 Å². The minimum atomic E-state index is 0.124. The van der Waals surface area contributed by atoms with Crippen LogP contribution in [0, 0.1) is 5.92 Å². The van der Waals surface area contributed by atoms with Gasteiger partial charge in [-0.2, -0.15) is 0 Å². The molecule has 0 aliphatic carbocycles. The number of hydrogen-bond donors (Lipinski definition) is 1. The van der Waals surface area contributed by atoms with Crippen LogP contribution in [0.1, 0.15) is 19.3 Å². The van der Waals surface area contributed by atoms with Gasteiger partial charge in [0.05, 0.1) is 0 Å². The third-order valence-electron chi connectivity index (χ3n) is 4.27. The van der Waals surface area contributed by atoms with E-state index >= 15 is 0 Å². The summed E-state index contributed by atoms with van der Waals surface area (Å²) >= 11 is 0. The summed E-state index contributed by atoms with van der Waals surface area (Å²) in [6.45, 7) is 4.09. The number of aliphatic hydroxyl groups is 1. The fourth-order valence-electron chi connectivity index (χ4n) is 3.08. The van der Waals surface area contributed by atoms with Crippen LogP contribution in [-0.4, -0.2) is 49.0 Å². The van der Waals surface area contributed by atoms with Crippen LogP contribution in [0.15, 0.2) is 24.3 Å². The van der Waals surface area contributed by atoms with E-state index in [9.17, 15) is 0 Å². The Morgan fingerprint density at radius 3 is 2.65 bits per heavy atom. The molecule has 110 valence electrons. The summed E-state index contributed by atoms with van der Waals surface area (Å²) in [5.74, 6) is 2.41. The van der Waals surface area contributed by atoms with Crippen LogP contribution in [0.2, 0.25) is 0 Å². The molecule has 0 aromatic heterocycles. The van der Waals surface area contributed by atoms with Crippen molar-refractivity contribution < 1.29 is 14.6 Å². The summed E-state index contributed by atoms with van der Waals surface area (Å²) in [5, 5.41) is 8.99. The van der Waals surface area contributed by atoms with Crippen molar-refractivity contribution in [1.82, 2.24) is 4.90 Å². The molecule has 1 saturated heterocycles. The monoisotopic (exact) mass is 277 g/mol. The largest absolute Gasteiger partial charge is 0.486 e. The molecule has 1 aromatic rings. The predicted molar refractivity (Wildman–Crippen MR) is 77.2 cm³/mol. The maximum atomic E-state index is 8.99. The first-order valence-electron chi connectivity index (χ1n) is 7.57. The molecule has 0 bridgehead atoms. The van der Waals surface area contributed by atoms with Crippen molar-refractivity contribution in [2.75, 3.05) is 32.8 Å². The van der Waals surface area contributed by atoms with Gasteiger partial charge in [-0.3, -0.25) is 4.90 Å². The number of likely N-dealkylation sites (tertiary alicyclic amines) is 1. The maximum absolute atomic E-state index is 8.99. The first kappa shape index (κ1) is 13.7. The van der Waals surface area contributed by atoms with Gasteiger partial charge in [0.25, 0.3) is 0 Å². The Hall–Kier alpha value is -1.26. The topological polar surface area (TPSA) is 41.9 Å². The lowest BCUT2D eigenvalue weighted by Crippen LogP contribution is -2.44. The van der Waals surface area contributed by atoms with E-state index < -0.39 is 0 Å². The number of fused-ring (bicyclic) bond motifs is 1. The molecule has 4 heteroatoms. The highest BCUT2D eigenvalue weighted by atomic mass is 16.6. The Labute approximate surface area is 120 Å². The van der Waals surface area contributed by atoms with Crippen LogP contribution >= 0.6 is 0 Å². The molecule has 0 saturated carbocycles. The molecule has 1 N–H and O–H groups in total. The highest BCUT2D eigenvalue weighted by molar-refractivity contribution is 5.40. The quantitative estimate of drug-likeness (QED) is 0.913. The second-order valence-electron chi connectivity index (χ2n) is 5.75. The molecule has 3 rings (SSSR count). The number of piperidine rings is 1. The Bertz CT molecular complexity index is 429. The van der Waals surface area contributed by atoms with E-state index in [1.54, 1.807) is 0 Å². The Kier molecular flexibility index (Phi) is 4.43. The fourth-order valence-corrected chi connectivity index (χ4v) is 3.08. The first-order valence-corrected chi connectivity index (χ1v) is 7.57. The van der Waals surface area contributed by atoms with Gasteiger partial charge in [0.15, 0.2) is 11.5 Å². The standard InChI is InChI=1S/C16H23NO3/c18-10-7-13-5-8-17(9-6-13)11-14-12-19-15-3-1-2-4-16(15)20-14/h1-4,13-14,18H,5-12H2. The number of ether oxygens (including phenoxy) is 2. The SMILES string of the molecule is OCCC1CCN(CC2COc3ccccc3O2)CC1. The number of para-hydroxylation sites is 2. The summed E-state index contributed by atoms with van der Waals surface area (Å²) < 4.78 is 11.8. The summed E-state index contributed by atoms with van der Waals surface area (Å²) in [4.78, 5) is 2.45. The van der Waals surface area contributed by atoms with Crippen LogP contribution in [0.4, 0.5) is 0 Å². The molecule has 0 spiro atoms. The molecular weight excluding hydrogens is 254 g/mol. The molecule has 2 aliphatic heterocycles. The number of benzene rings is 1. The zero-order valence-electron chi connectivity index (χ0n) is 11.8. The van der Waals surface area contributed by atoms with Crippen LogP contribution < -0.4 is 9.47 Å². The molecule has 20 heavy (non-hydrogen) atoms. The summed E-state index contributed by atoms with van der Waals surface area (Å²) in [7, 11) is 0. The van der Waals surface area contributed by atoms with Crippen LogP contribution in [0.25, 0.3) is 0 Å². The van der Waals surface area contributed by atoms with E-state index in [2.05, 4.69) is 4.90 Å². The van der Waals surface area contributed by atoms with Gasteiger partial charge in [-0.25, -0.2) is 0 Å². The Morgan fingerprint density at radius 1 is 1.15 bits per heavy atom. The van der Waals surface area contributed by atoms with Crippen molar-refractivity contribution in [2.24, 2.45) is 5.92 Å². The summed E-state index contributed by atoms with van der Waals surface area (Å²) in [6, 6.07) is 7.86. The van der Waals surface area contributed by atoms with Crippen molar-refractivity contribution in [2.45, 2.75) is 25.4 Å². The van der Waals surface area contributed by atoms with Crippen molar-refractivity contribution in [3.8, 4) is 11.5 Å². The van der Waals surface area contributed by atoms with E-state index in [0.717, 1.165) is 37.6 Å². The van der Waals surface area contributed by atoms with Crippen LogP contribution in [0.5, 0.6) is 11.5 Å². The molecule has 1 fully saturated rings. The zero-order valence-corrected chi connectivity index (χ0v) is 11.8. The van der Waals surface area contributed by atoms with Crippen molar-refractivity contribution in [1.29, 1.82) is 0 Å². The number of rotatable bonds is 4. The number of nitrogens with zero attached hydrogens (tertiary/aromatic N) is 1. The van der Waals surface area contributed by atoms with Gasteiger partial charge in [-0.1, -0.05) is 12.1 Å². The van der Waals surface area contributed by atoms with Gasteiger partial charge in [-0.05, 0) is 50.4 Å². The van der Waals surface area contributed by atoms with Gasteiger partial charge >= 0.3 is 0 Å². The maximum Gasteiger partial charge on any atom is 0.161 e. The molecule has 2 heterocycles. The summed E-state index contributed by atoms with van der Waals surface area (Å²) in [5.41, 5.74) is 0. The van der Waals surface area contributed by atoms with E-state index in [1.807, 2.05) is 24.3 Å². The van der Waals surface area contributed by atoms with Gasteiger partial charge in [0.2, 0.25) is 0 Å². The van der Waals surface area contributed by atoms with E-state index in [0.29, 0.717) is 19.1 Å². The molecule has 4 nitrogen and oxygen atoms in total. The molecular formula is C16H23NO3. The average molecular weight is 277 g/mol. The molecule has 2 aliphatic rings. The molecule has 0 amide bonds. The lowest BCUT2D eigenvalue weighted by molar-refractivity contribution is 0.0460. The predicted octanol–water partition coefficient (Wildman–Crippen LogP) is 1.92. The van der Waals surface area contributed by atoms with E-state index in [-0.39, 0.29) is 6.10 Å². The van der Waals surface area contributed by atoms with Crippen molar-refractivity contribution >= 4 is 0 Å². The average Bonchev–Trinajstić information content (AvgIpc) is 2.49. The fraction of sp³-hybridized carbons (Fsp3) is 0.625. The highest BCUT2D eigenvalue weighted by Gasteiger charge is 2.25.